The predicted molar refractivity (Wildman–Crippen MR) is 130 cm³/mol. The van der Waals surface area contributed by atoms with Crippen molar-refractivity contribution in [3.63, 3.8) is 0 Å². The lowest BCUT2D eigenvalue weighted by atomic mass is 9.44. The Kier molecular flexibility index (Phi) is 13.2. The number of esters is 1. The van der Waals surface area contributed by atoms with E-state index in [9.17, 15) is 4.79 Å². The monoisotopic (exact) mass is 446 g/mol. The van der Waals surface area contributed by atoms with Crippen molar-refractivity contribution >= 4 is 17.6 Å². The van der Waals surface area contributed by atoms with Crippen LogP contribution in [-0.4, -0.2) is 24.7 Å². The van der Waals surface area contributed by atoms with Crippen LogP contribution in [0, 0.1) is 28.1 Å². The van der Waals surface area contributed by atoms with Crippen LogP contribution in [-0.2, 0) is 14.3 Å². The van der Waals surface area contributed by atoms with Crippen LogP contribution in [0.4, 0.5) is 0 Å². The first-order chi connectivity index (χ1) is 14.1. The number of hydrogen-bond acceptors (Lipinski definition) is 3. The fourth-order valence-electron chi connectivity index (χ4n) is 6.59. The highest BCUT2D eigenvalue weighted by Crippen LogP contribution is 2.63. The standard InChI is InChI=1S/C26H51ClO3/c1-11-22(23(28)30-21(9)29-19-18-27)26(16-6,17-7)25(14-4,15-5)20(8)24(10,12-2)13-3/h20-22H,11-19H2,1-10H3. The third-order valence-corrected chi connectivity index (χ3v) is 9.23. The van der Waals surface area contributed by atoms with Gasteiger partial charge in [-0.15, -0.1) is 11.6 Å². The van der Waals surface area contributed by atoms with Gasteiger partial charge in [0, 0.05) is 5.88 Å². The second kappa shape index (κ2) is 13.3. The fraction of sp³-hybridized carbons (Fsp3) is 0.962. The molecule has 0 aromatic heterocycles. The van der Waals surface area contributed by atoms with Crippen LogP contribution in [0.15, 0.2) is 0 Å². The minimum atomic E-state index is -0.566. The average Bonchev–Trinajstić information content (AvgIpc) is 2.76. The molecule has 3 unspecified atom stereocenters. The topological polar surface area (TPSA) is 35.5 Å². The molecule has 3 atom stereocenters. The number of hydrogen-bond donors (Lipinski definition) is 0. The summed E-state index contributed by atoms with van der Waals surface area (Å²) >= 11 is 5.73. The van der Waals surface area contributed by atoms with Crippen LogP contribution in [0.5, 0.6) is 0 Å². The Balaban J connectivity index is 6.39. The van der Waals surface area contributed by atoms with Crippen LogP contribution in [0.1, 0.15) is 114 Å². The van der Waals surface area contributed by atoms with Gasteiger partial charge in [-0.05, 0) is 61.2 Å². The first-order valence-electron chi connectivity index (χ1n) is 12.5. The largest absolute Gasteiger partial charge is 0.436 e. The zero-order valence-electron chi connectivity index (χ0n) is 21.7. The number of rotatable bonds is 16. The van der Waals surface area contributed by atoms with Crippen molar-refractivity contribution in [3.05, 3.63) is 0 Å². The lowest BCUT2D eigenvalue weighted by molar-refractivity contribution is -0.195. The molecule has 180 valence electrons. The number of halogens is 1. The van der Waals surface area contributed by atoms with Gasteiger partial charge in [0.2, 0.25) is 0 Å². The van der Waals surface area contributed by atoms with Crippen molar-refractivity contribution in [3.8, 4) is 0 Å². The molecular formula is C26H51ClO3. The Hall–Kier alpha value is -0.280. The van der Waals surface area contributed by atoms with Crippen LogP contribution in [0.25, 0.3) is 0 Å². The normalized spacial score (nSPS) is 16.2. The third-order valence-electron chi connectivity index (χ3n) is 9.08. The molecular weight excluding hydrogens is 396 g/mol. The van der Waals surface area contributed by atoms with E-state index in [-0.39, 0.29) is 28.1 Å². The fourth-order valence-corrected chi connectivity index (χ4v) is 6.68. The summed E-state index contributed by atoms with van der Waals surface area (Å²) in [5.41, 5.74) is 0.206. The molecule has 0 spiro atoms. The molecule has 30 heavy (non-hydrogen) atoms. The first-order valence-corrected chi connectivity index (χ1v) is 13.0. The van der Waals surface area contributed by atoms with Gasteiger partial charge in [0.1, 0.15) is 0 Å². The van der Waals surface area contributed by atoms with E-state index in [1.165, 1.54) is 0 Å². The minimum absolute atomic E-state index is 0.0667. The summed E-state index contributed by atoms with van der Waals surface area (Å²) < 4.78 is 11.3. The molecule has 0 aromatic carbocycles. The van der Waals surface area contributed by atoms with E-state index in [0.29, 0.717) is 18.4 Å². The van der Waals surface area contributed by atoms with E-state index in [1.807, 2.05) is 0 Å². The maximum Gasteiger partial charge on any atom is 0.311 e. The van der Waals surface area contributed by atoms with Gasteiger partial charge < -0.3 is 9.47 Å². The van der Waals surface area contributed by atoms with Crippen molar-refractivity contribution < 1.29 is 14.3 Å². The molecule has 0 saturated carbocycles. The van der Waals surface area contributed by atoms with Crippen molar-refractivity contribution in [2.45, 2.75) is 120 Å². The molecule has 0 saturated heterocycles. The summed E-state index contributed by atoms with van der Waals surface area (Å²) in [4.78, 5) is 13.5. The van der Waals surface area contributed by atoms with E-state index in [4.69, 9.17) is 21.1 Å². The summed E-state index contributed by atoms with van der Waals surface area (Å²) in [5.74, 6) is 0.638. The van der Waals surface area contributed by atoms with Gasteiger partial charge >= 0.3 is 5.97 Å². The smallest absolute Gasteiger partial charge is 0.311 e. The summed E-state index contributed by atoms with van der Waals surface area (Å²) in [6.45, 7) is 23.0. The SMILES string of the molecule is CCC(C(=O)OC(C)OCCCl)C(CC)(CC)C(CC)(CC)C(C)C(C)(CC)CC. The Morgan fingerprint density at radius 2 is 1.30 bits per heavy atom. The van der Waals surface area contributed by atoms with Gasteiger partial charge in [0.25, 0.3) is 0 Å². The van der Waals surface area contributed by atoms with E-state index >= 15 is 0 Å². The van der Waals surface area contributed by atoms with Gasteiger partial charge in [0.05, 0.1) is 12.5 Å². The molecule has 0 aliphatic heterocycles. The summed E-state index contributed by atoms with van der Waals surface area (Å²) in [5, 5.41) is 0. The second-order valence-electron chi connectivity index (χ2n) is 9.33. The molecule has 0 aromatic rings. The highest BCUT2D eigenvalue weighted by Gasteiger charge is 2.58. The van der Waals surface area contributed by atoms with E-state index in [0.717, 1.165) is 44.9 Å². The van der Waals surface area contributed by atoms with Gasteiger partial charge in [0.15, 0.2) is 6.29 Å². The van der Waals surface area contributed by atoms with Gasteiger partial charge in [-0.2, -0.15) is 0 Å². The zero-order chi connectivity index (χ0) is 23.6. The van der Waals surface area contributed by atoms with Crippen molar-refractivity contribution in [2.75, 3.05) is 12.5 Å². The highest BCUT2D eigenvalue weighted by atomic mass is 35.5. The first kappa shape index (κ1) is 29.7. The second-order valence-corrected chi connectivity index (χ2v) is 9.71. The zero-order valence-corrected chi connectivity index (χ0v) is 22.5. The maximum absolute atomic E-state index is 13.5. The lowest BCUT2D eigenvalue weighted by Gasteiger charge is -2.60. The number of carbonyl (C=O) groups is 1. The highest BCUT2D eigenvalue weighted by molar-refractivity contribution is 6.17. The average molecular weight is 447 g/mol. The van der Waals surface area contributed by atoms with Crippen molar-refractivity contribution in [1.82, 2.24) is 0 Å². The van der Waals surface area contributed by atoms with Crippen molar-refractivity contribution in [1.29, 1.82) is 0 Å². The number of ether oxygens (including phenoxy) is 2. The molecule has 0 aliphatic rings. The van der Waals surface area contributed by atoms with Crippen LogP contribution in [0.2, 0.25) is 0 Å². The molecule has 0 aliphatic carbocycles. The molecule has 4 heteroatoms. The van der Waals surface area contributed by atoms with Gasteiger partial charge in [-0.25, -0.2) is 0 Å². The molecule has 0 amide bonds. The Morgan fingerprint density at radius 1 is 0.833 bits per heavy atom. The lowest BCUT2D eigenvalue weighted by Crippen LogP contribution is -2.55. The number of carbonyl (C=O) groups excluding carboxylic acids is 1. The van der Waals surface area contributed by atoms with Gasteiger partial charge in [-0.3, -0.25) is 4.79 Å². The third kappa shape index (κ3) is 5.74. The quantitative estimate of drug-likeness (QED) is 0.136. The van der Waals surface area contributed by atoms with E-state index < -0.39 is 6.29 Å². The van der Waals surface area contributed by atoms with Crippen LogP contribution in [0.3, 0.4) is 0 Å². The predicted octanol–water partition coefficient (Wildman–Crippen LogP) is 8.23. The molecule has 3 nitrogen and oxygen atoms in total. The molecule has 0 N–H and O–H groups in total. The molecule has 0 heterocycles. The Morgan fingerprint density at radius 3 is 1.63 bits per heavy atom. The summed E-state index contributed by atoms with van der Waals surface area (Å²) in [6, 6.07) is 0. The van der Waals surface area contributed by atoms with E-state index in [1.54, 1.807) is 6.92 Å². The summed E-state index contributed by atoms with van der Waals surface area (Å²) in [6.07, 6.45) is 6.62. The maximum atomic E-state index is 13.5. The Bertz CT molecular complexity index is 479. The summed E-state index contributed by atoms with van der Waals surface area (Å²) in [7, 11) is 0. The Labute approximate surface area is 193 Å². The minimum Gasteiger partial charge on any atom is -0.436 e. The van der Waals surface area contributed by atoms with Crippen LogP contribution >= 0.6 is 11.6 Å². The molecule has 0 radical (unpaired) electrons. The number of alkyl halides is 1. The molecule has 0 rings (SSSR count). The van der Waals surface area contributed by atoms with Gasteiger partial charge in [-0.1, -0.05) is 75.2 Å². The van der Waals surface area contributed by atoms with Crippen LogP contribution < -0.4 is 0 Å². The molecule has 0 fully saturated rings. The molecule has 0 bridgehead atoms. The van der Waals surface area contributed by atoms with E-state index in [2.05, 4.69) is 62.3 Å². The van der Waals surface area contributed by atoms with Crippen molar-refractivity contribution in [2.24, 2.45) is 28.1 Å².